The lowest BCUT2D eigenvalue weighted by molar-refractivity contribution is -0.384. The van der Waals surface area contributed by atoms with Gasteiger partial charge in [-0.05, 0) is 30.3 Å². The van der Waals surface area contributed by atoms with Crippen LogP contribution in [0.3, 0.4) is 0 Å². The lowest BCUT2D eigenvalue weighted by Gasteiger charge is -2.07. The molecular formula is C19H12ClN5O3. The molecule has 3 aromatic carbocycles. The van der Waals surface area contributed by atoms with Crippen molar-refractivity contribution in [1.29, 1.82) is 0 Å². The number of amides is 1. The van der Waals surface area contributed by atoms with E-state index in [0.717, 1.165) is 5.69 Å². The van der Waals surface area contributed by atoms with Gasteiger partial charge in [0.05, 0.1) is 21.3 Å². The van der Waals surface area contributed by atoms with Crippen LogP contribution in [0.4, 0.5) is 11.4 Å². The second-order valence-corrected chi connectivity index (χ2v) is 6.31. The molecule has 0 aliphatic carbocycles. The molecule has 1 N–H and O–H groups in total. The number of anilines is 1. The fraction of sp³-hybridized carbons (Fsp3) is 0. The summed E-state index contributed by atoms with van der Waals surface area (Å²) >= 11 is 6.27. The Labute approximate surface area is 163 Å². The average molecular weight is 394 g/mol. The van der Waals surface area contributed by atoms with Gasteiger partial charge in [0.15, 0.2) is 0 Å². The number of nitrogens with one attached hydrogen (secondary N) is 1. The van der Waals surface area contributed by atoms with Crippen molar-refractivity contribution in [3.05, 3.63) is 87.4 Å². The molecule has 0 spiro atoms. The third kappa shape index (κ3) is 3.40. The summed E-state index contributed by atoms with van der Waals surface area (Å²) in [7, 11) is 0. The summed E-state index contributed by atoms with van der Waals surface area (Å²) in [4.78, 5) is 24.3. The molecule has 4 aromatic rings. The molecule has 9 heteroatoms. The number of hydrogen-bond donors (Lipinski definition) is 1. The van der Waals surface area contributed by atoms with Gasteiger partial charge in [0.1, 0.15) is 11.0 Å². The Hall–Kier alpha value is -3.78. The number of aromatic nitrogens is 3. The third-order valence-electron chi connectivity index (χ3n) is 4.02. The molecule has 4 rings (SSSR count). The fourth-order valence-electron chi connectivity index (χ4n) is 2.67. The van der Waals surface area contributed by atoms with Gasteiger partial charge >= 0.3 is 0 Å². The molecule has 0 radical (unpaired) electrons. The van der Waals surface area contributed by atoms with Crippen LogP contribution in [0.2, 0.25) is 5.02 Å². The first-order valence-electron chi connectivity index (χ1n) is 8.19. The number of para-hydroxylation sites is 1. The van der Waals surface area contributed by atoms with Crippen LogP contribution in [-0.2, 0) is 0 Å². The van der Waals surface area contributed by atoms with Gasteiger partial charge in [-0.1, -0.05) is 35.9 Å². The van der Waals surface area contributed by atoms with Gasteiger partial charge in [-0.15, -0.1) is 10.2 Å². The SMILES string of the molecule is O=C(Nc1cc2nn(-c3ccccc3)nc2cc1Cl)c1cccc([N+](=O)[O-])c1. The standard InChI is InChI=1S/C19H12ClN5O3/c20-15-10-17-18(23-24(22-17)13-6-2-1-3-7-13)11-16(15)21-19(26)12-5-4-8-14(9-12)25(27)28/h1-11H,(H,21,26). The minimum atomic E-state index is -0.558. The first-order valence-corrected chi connectivity index (χ1v) is 8.57. The summed E-state index contributed by atoms with van der Waals surface area (Å²) in [5, 5.41) is 22.6. The molecule has 0 saturated heterocycles. The zero-order valence-corrected chi connectivity index (χ0v) is 15.0. The van der Waals surface area contributed by atoms with Crippen LogP contribution in [0, 0.1) is 10.1 Å². The molecular weight excluding hydrogens is 382 g/mol. The Balaban J connectivity index is 1.65. The minimum absolute atomic E-state index is 0.151. The quantitative estimate of drug-likeness (QED) is 0.412. The smallest absolute Gasteiger partial charge is 0.270 e. The summed E-state index contributed by atoms with van der Waals surface area (Å²) in [5.41, 5.74) is 2.23. The number of benzene rings is 3. The first kappa shape index (κ1) is 17.6. The van der Waals surface area contributed by atoms with Gasteiger partial charge in [-0.2, -0.15) is 4.80 Å². The van der Waals surface area contributed by atoms with Crippen LogP contribution < -0.4 is 5.32 Å². The number of carbonyl (C=O) groups is 1. The minimum Gasteiger partial charge on any atom is -0.321 e. The zero-order chi connectivity index (χ0) is 19.7. The number of fused-ring (bicyclic) bond motifs is 1. The highest BCUT2D eigenvalue weighted by Gasteiger charge is 2.15. The molecule has 0 bridgehead atoms. The Bertz CT molecular complexity index is 1210. The molecule has 1 aromatic heterocycles. The summed E-state index contributed by atoms with van der Waals surface area (Å²) < 4.78 is 0. The van der Waals surface area contributed by atoms with Crippen molar-refractivity contribution in [2.24, 2.45) is 0 Å². The summed E-state index contributed by atoms with van der Waals surface area (Å²) in [6, 6.07) is 18.0. The monoisotopic (exact) mass is 393 g/mol. The largest absolute Gasteiger partial charge is 0.321 e. The van der Waals surface area contributed by atoms with Crippen LogP contribution in [0.25, 0.3) is 16.7 Å². The molecule has 0 aliphatic rings. The second kappa shape index (κ2) is 7.09. The van der Waals surface area contributed by atoms with E-state index in [-0.39, 0.29) is 16.3 Å². The molecule has 8 nitrogen and oxygen atoms in total. The van der Waals surface area contributed by atoms with E-state index in [1.54, 1.807) is 12.1 Å². The van der Waals surface area contributed by atoms with Crippen molar-refractivity contribution in [1.82, 2.24) is 15.0 Å². The summed E-state index contributed by atoms with van der Waals surface area (Å²) in [5.74, 6) is -0.514. The van der Waals surface area contributed by atoms with Gasteiger partial charge < -0.3 is 5.32 Å². The maximum Gasteiger partial charge on any atom is 0.270 e. The van der Waals surface area contributed by atoms with Crippen molar-refractivity contribution in [3.8, 4) is 5.69 Å². The van der Waals surface area contributed by atoms with Crippen LogP contribution in [0.1, 0.15) is 10.4 Å². The maximum absolute atomic E-state index is 12.5. The van der Waals surface area contributed by atoms with Crippen LogP contribution in [0.5, 0.6) is 0 Å². The number of halogens is 1. The van der Waals surface area contributed by atoms with Gasteiger partial charge in [-0.25, -0.2) is 0 Å². The van der Waals surface area contributed by atoms with Gasteiger partial charge in [-0.3, -0.25) is 14.9 Å². The molecule has 1 heterocycles. The fourth-order valence-corrected chi connectivity index (χ4v) is 2.87. The molecule has 0 saturated carbocycles. The van der Waals surface area contributed by atoms with Crippen molar-refractivity contribution in [2.75, 3.05) is 5.32 Å². The highest BCUT2D eigenvalue weighted by atomic mass is 35.5. The summed E-state index contributed by atoms with van der Waals surface area (Å²) in [6.07, 6.45) is 0. The maximum atomic E-state index is 12.5. The summed E-state index contributed by atoms with van der Waals surface area (Å²) in [6.45, 7) is 0. The van der Waals surface area contributed by atoms with E-state index in [1.807, 2.05) is 30.3 Å². The van der Waals surface area contributed by atoms with E-state index >= 15 is 0 Å². The van der Waals surface area contributed by atoms with E-state index in [4.69, 9.17) is 11.6 Å². The van der Waals surface area contributed by atoms with Crippen molar-refractivity contribution >= 4 is 39.9 Å². The molecule has 138 valence electrons. The van der Waals surface area contributed by atoms with E-state index in [0.29, 0.717) is 16.7 Å². The lowest BCUT2D eigenvalue weighted by Crippen LogP contribution is -2.12. The van der Waals surface area contributed by atoms with E-state index in [9.17, 15) is 14.9 Å². The van der Waals surface area contributed by atoms with Gasteiger partial charge in [0, 0.05) is 17.7 Å². The molecule has 0 atom stereocenters. The Kier molecular flexibility index (Phi) is 4.46. The topological polar surface area (TPSA) is 103 Å². The van der Waals surface area contributed by atoms with Crippen molar-refractivity contribution in [2.45, 2.75) is 0 Å². The molecule has 0 unspecified atom stereocenters. The van der Waals surface area contributed by atoms with Crippen molar-refractivity contribution in [3.63, 3.8) is 0 Å². The normalized spacial score (nSPS) is 10.8. The number of rotatable bonds is 4. The number of nitrogens with zero attached hydrogens (tertiary/aromatic N) is 4. The van der Waals surface area contributed by atoms with E-state index in [2.05, 4.69) is 15.5 Å². The first-order chi connectivity index (χ1) is 13.5. The van der Waals surface area contributed by atoms with E-state index in [1.165, 1.54) is 29.1 Å². The predicted octanol–water partition coefficient (Wildman–Crippen LogP) is 4.23. The predicted molar refractivity (Wildman–Crippen MR) is 105 cm³/mol. The molecule has 28 heavy (non-hydrogen) atoms. The highest BCUT2D eigenvalue weighted by molar-refractivity contribution is 6.34. The molecule has 0 fully saturated rings. The van der Waals surface area contributed by atoms with Gasteiger partial charge in [0.25, 0.3) is 11.6 Å². The van der Waals surface area contributed by atoms with Crippen molar-refractivity contribution < 1.29 is 9.72 Å². The number of hydrogen-bond acceptors (Lipinski definition) is 5. The number of nitro benzene ring substituents is 1. The Morgan fingerprint density at radius 3 is 2.43 bits per heavy atom. The average Bonchev–Trinajstić information content (AvgIpc) is 3.11. The lowest BCUT2D eigenvalue weighted by atomic mass is 10.2. The number of carbonyl (C=O) groups excluding carboxylic acids is 1. The van der Waals surface area contributed by atoms with Crippen LogP contribution in [-0.4, -0.2) is 25.8 Å². The Morgan fingerprint density at radius 1 is 1.00 bits per heavy atom. The molecule has 1 amide bonds. The van der Waals surface area contributed by atoms with E-state index < -0.39 is 10.8 Å². The number of nitro groups is 1. The Morgan fingerprint density at radius 2 is 1.71 bits per heavy atom. The second-order valence-electron chi connectivity index (χ2n) is 5.91. The highest BCUT2D eigenvalue weighted by Crippen LogP contribution is 2.27. The zero-order valence-electron chi connectivity index (χ0n) is 14.2. The van der Waals surface area contributed by atoms with Crippen LogP contribution >= 0.6 is 11.6 Å². The van der Waals surface area contributed by atoms with Gasteiger partial charge in [0.2, 0.25) is 0 Å². The van der Waals surface area contributed by atoms with Crippen LogP contribution in [0.15, 0.2) is 66.7 Å². The number of non-ortho nitro benzene ring substituents is 1. The molecule has 0 aliphatic heterocycles. The third-order valence-corrected chi connectivity index (χ3v) is 4.34.